The van der Waals surface area contributed by atoms with Crippen molar-refractivity contribution in [3.63, 3.8) is 0 Å². The van der Waals surface area contributed by atoms with Gasteiger partial charge in [-0.05, 0) is 29.5 Å². The number of hydrogen-bond acceptors (Lipinski definition) is 8. The number of unbranched alkanes of at least 4 members (excludes halogenated alkanes) is 15. The molecule has 0 spiro atoms. The van der Waals surface area contributed by atoms with E-state index in [0.717, 1.165) is 18.6 Å². The maximum absolute atomic E-state index is 12.2. The van der Waals surface area contributed by atoms with Crippen molar-refractivity contribution in [2.45, 2.75) is 142 Å². The Bertz CT molecular complexity index is 1190. The molecule has 51 heavy (non-hydrogen) atoms. The van der Waals surface area contributed by atoms with Crippen LogP contribution in [0.5, 0.6) is 17.2 Å². The number of benzene rings is 2. The first-order valence-electron chi connectivity index (χ1n) is 19.7. The van der Waals surface area contributed by atoms with E-state index >= 15 is 0 Å². The molecular weight excluding hydrogens is 642 g/mol. The van der Waals surface area contributed by atoms with E-state index in [-0.39, 0.29) is 18.5 Å². The molecule has 8 heteroatoms. The van der Waals surface area contributed by atoms with Gasteiger partial charge in [0.05, 0.1) is 34.0 Å². The molecule has 0 fully saturated rings. The summed E-state index contributed by atoms with van der Waals surface area (Å²) in [5.74, 6) is 1.11. The van der Waals surface area contributed by atoms with E-state index in [2.05, 4.69) is 39.8 Å². The zero-order chi connectivity index (χ0) is 37.2. The Morgan fingerprint density at radius 3 is 1.33 bits per heavy atom. The molecule has 0 aliphatic rings. The highest BCUT2D eigenvalue weighted by Crippen LogP contribution is 2.30. The molecule has 2 aromatic rings. The molecule has 0 atom stereocenters. The van der Waals surface area contributed by atoms with Crippen molar-refractivity contribution in [3.05, 3.63) is 48.0 Å². The summed E-state index contributed by atoms with van der Waals surface area (Å²) in [6.07, 6.45) is 21.8. The van der Waals surface area contributed by atoms with Gasteiger partial charge < -0.3 is 28.6 Å². The average Bonchev–Trinajstić information content (AvgIpc) is 3.12. The fourth-order valence-electron chi connectivity index (χ4n) is 5.92. The van der Waals surface area contributed by atoms with Crippen molar-refractivity contribution in [1.82, 2.24) is 0 Å². The van der Waals surface area contributed by atoms with Gasteiger partial charge in [0.2, 0.25) is 0 Å². The van der Waals surface area contributed by atoms with Crippen LogP contribution in [0, 0.1) is 0 Å². The smallest absolute Gasteiger partial charge is 0.325 e. The van der Waals surface area contributed by atoms with E-state index in [9.17, 15) is 9.59 Å². The molecule has 0 amide bonds. The summed E-state index contributed by atoms with van der Waals surface area (Å²) in [7, 11) is 2.65. The second-order valence-electron chi connectivity index (χ2n) is 14.6. The Hall–Kier alpha value is -3.42. The minimum absolute atomic E-state index is 0.0957. The zero-order valence-electron chi connectivity index (χ0n) is 32.9. The van der Waals surface area contributed by atoms with E-state index in [1.54, 1.807) is 11.0 Å². The van der Waals surface area contributed by atoms with E-state index in [1.165, 1.54) is 110 Å². The van der Waals surface area contributed by atoms with Gasteiger partial charge in [0.1, 0.15) is 30.3 Å². The van der Waals surface area contributed by atoms with Crippen LogP contribution in [0.4, 0.5) is 5.69 Å². The van der Waals surface area contributed by atoms with Crippen molar-refractivity contribution in [2.24, 2.45) is 0 Å². The van der Waals surface area contributed by atoms with Gasteiger partial charge >= 0.3 is 11.9 Å². The molecule has 0 saturated heterocycles. The molecule has 0 heterocycles. The zero-order valence-corrected chi connectivity index (χ0v) is 32.9. The van der Waals surface area contributed by atoms with Crippen LogP contribution in [0.2, 0.25) is 0 Å². The fraction of sp³-hybridized carbons (Fsp3) is 0.674. The van der Waals surface area contributed by atoms with Gasteiger partial charge in [0.25, 0.3) is 0 Å². The Morgan fingerprint density at radius 2 is 0.922 bits per heavy atom. The van der Waals surface area contributed by atoms with Gasteiger partial charge in [-0.1, -0.05) is 136 Å². The van der Waals surface area contributed by atoms with Gasteiger partial charge in [-0.2, -0.15) is 0 Å². The Morgan fingerprint density at radius 1 is 0.529 bits per heavy atom. The van der Waals surface area contributed by atoms with Crippen LogP contribution in [-0.2, 0) is 24.5 Å². The summed E-state index contributed by atoms with van der Waals surface area (Å²) in [5.41, 5.74) is 1.97. The molecule has 288 valence electrons. The van der Waals surface area contributed by atoms with Crippen LogP contribution < -0.4 is 19.1 Å². The first-order valence-corrected chi connectivity index (χ1v) is 19.7. The molecule has 0 bridgehead atoms. The van der Waals surface area contributed by atoms with Gasteiger partial charge in [-0.25, -0.2) is 0 Å². The fourth-order valence-corrected chi connectivity index (χ4v) is 5.92. The van der Waals surface area contributed by atoms with E-state index in [4.69, 9.17) is 23.7 Å². The maximum Gasteiger partial charge on any atom is 0.325 e. The number of carbonyl (C=O) groups is 2. The molecular formula is C43H69NO7. The maximum atomic E-state index is 12.2. The topological polar surface area (TPSA) is 83.5 Å². The molecule has 0 aromatic heterocycles. The summed E-state index contributed by atoms with van der Waals surface area (Å²) in [6, 6.07) is 13.7. The van der Waals surface area contributed by atoms with Crippen LogP contribution in [0.1, 0.15) is 142 Å². The van der Waals surface area contributed by atoms with Gasteiger partial charge in [-0.15, -0.1) is 0 Å². The third-order valence-corrected chi connectivity index (χ3v) is 9.14. The van der Waals surface area contributed by atoms with Crippen LogP contribution in [-0.4, -0.2) is 59.1 Å². The number of rotatable bonds is 29. The first kappa shape index (κ1) is 43.7. The first-order chi connectivity index (χ1) is 24.7. The molecule has 2 rings (SSSR count). The summed E-state index contributed by atoms with van der Waals surface area (Å²) in [5, 5.41) is 0. The van der Waals surface area contributed by atoms with E-state index in [1.807, 2.05) is 24.3 Å². The third-order valence-electron chi connectivity index (χ3n) is 9.14. The molecule has 0 unspecified atom stereocenters. The summed E-state index contributed by atoms with van der Waals surface area (Å²) >= 11 is 0. The average molecular weight is 712 g/mol. The summed E-state index contributed by atoms with van der Waals surface area (Å²) in [6.45, 7) is 10.1. The summed E-state index contributed by atoms with van der Waals surface area (Å²) in [4.78, 5) is 26.0. The van der Waals surface area contributed by atoms with Crippen molar-refractivity contribution in [1.29, 1.82) is 0 Å². The van der Waals surface area contributed by atoms with Crippen LogP contribution in [0.15, 0.2) is 42.5 Å². The second kappa shape index (κ2) is 26.4. The number of hydrogen-bond donors (Lipinski definition) is 0. The molecule has 0 saturated carbocycles. The highest BCUT2D eigenvalue weighted by Gasteiger charge is 2.18. The summed E-state index contributed by atoms with van der Waals surface area (Å²) < 4.78 is 28.0. The normalized spacial score (nSPS) is 11.3. The number of carbonyl (C=O) groups excluding carboxylic acids is 2. The number of nitrogens with zero attached hydrogens (tertiary/aromatic N) is 1. The minimum atomic E-state index is -0.464. The van der Waals surface area contributed by atoms with Crippen LogP contribution in [0.25, 0.3) is 0 Å². The largest absolute Gasteiger partial charge is 0.493 e. The molecule has 0 N–H and O–H groups in total. The Balaban J connectivity index is 1.81. The lowest BCUT2D eigenvalue weighted by molar-refractivity contribution is -0.140. The highest BCUT2D eigenvalue weighted by molar-refractivity contribution is 5.81. The van der Waals surface area contributed by atoms with E-state index < -0.39 is 11.9 Å². The van der Waals surface area contributed by atoms with Gasteiger partial charge in [0, 0.05) is 30.3 Å². The predicted molar refractivity (Wildman–Crippen MR) is 208 cm³/mol. The molecule has 8 nitrogen and oxygen atoms in total. The second-order valence-corrected chi connectivity index (χ2v) is 14.6. The van der Waals surface area contributed by atoms with Gasteiger partial charge in [0.15, 0.2) is 0 Å². The molecule has 2 aromatic carbocycles. The number of methoxy groups -OCH3 is 2. The predicted octanol–water partition coefficient (Wildman–Crippen LogP) is 10.6. The van der Waals surface area contributed by atoms with Crippen molar-refractivity contribution >= 4 is 17.6 Å². The van der Waals surface area contributed by atoms with Crippen molar-refractivity contribution in [2.75, 3.05) is 52.0 Å². The number of ether oxygens (including phenoxy) is 5. The number of esters is 2. The van der Waals surface area contributed by atoms with Gasteiger partial charge in [-0.3, -0.25) is 9.59 Å². The Labute approximate surface area is 309 Å². The SMILES string of the molecule is CCCCCCCCCCCCCCCCCCOc1cc(OCCCOc2ccc(C(C)(C)C)cc2)cc(N(CC(=O)OC)CC(=O)OC)c1. The number of anilines is 1. The van der Waals surface area contributed by atoms with E-state index in [0.29, 0.717) is 43.4 Å². The van der Waals surface area contributed by atoms with Crippen molar-refractivity contribution in [3.8, 4) is 17.2 Å². The minimum Gasteiger partial charge on any atom is -0.493 e. The highest BCUT2D eigenvalue weighted by atomic mass is 16.5. The Kier molecular flexibility index (Phi) is 22.6. The third kappa shape index (κ3) is 20.3. The lowest BCUT2D eigenvalue weighted by Crippen LogP contribution is -2.35. The molecule has 0 aliphatic carbocycles. The standard InChI is InChI=1S/C43H69NO7/c1-7-8-9-10-11-12-13-14-15-16-17-18-19-20-21-22-28-50-39-31-37(44(34-41(45)47-5)35-42(46)48-6)32-40(33-39)51-30-23-29-49-38-26-24-36(25-27-38)43(2,3)4/h24-27,31-33H,7-23,28-30,34-35H2,1-6H3. The lowest BCUT2D eigenvalue weighted by Gasteiger charge is -2.23. The van der Waals surface area contributed by atoms with Crippen molar-refractivity contribution < 1.29 is 33.3 Å². The lowest BCUT2D eigenvalue weighted by atomic mass is 9.87. The molecule has 0 radical (unpaired) electrons. The monoisotopic (exact) mass is 712 g/mol. The van der Waals surface area contributed by atoms with Crippen LogP contribution in [0.3, 0.4) is 0 Å². The quantitative estimate of drug-likeness (QED) is 0.0609. The van der Waals surface area contributed by atoms with Crippen LogP contribution >= 0.6 is 0 Å². The molecule has 0 aliphatic heterocycles.